The molecule has 0 bridgehead atoms. The standard InChI is InChI=1S/C11H10N2/c1-9(8-13-2)11-5-3-10(7-12)4-6-11/h3-6,8H,1H2,2H3. The Morgan fingerprint density at radius 3 is 2.54 bits per heavy atom. The molecule has 0 saturated carbocycles. The van der Waals surface area contributed by atoms with Crippen LogP contribution >= 0.6 is 0 Å². The zero-order valence-electron chi connectivity index (χ0n) is 7.49. The maximum absolute atomic E-state index is 8.57. The molecule has 1 aromatic carbocycles. The van der Waals surface area contributed by atoms with Crippen molar-refractivity contribution < 1.29 is 0 Å². The summed E-state index contributed by atoms with van der Waals surface area (Å²) in [5.74, 6) is 0. The normalized spacial score (nSPS) is 9.85. The van der Waals surface area contributed by atoms with Crippen LogP contribution in [0.5, 0.6) is 0 Å². The van der Waals surface area contributed by atoms with Crippen molar-refractivity contribution in [3.8, 4) is 6.07 Å². The van der Waals surface area contributed by atoms with Crippen molar-refractivity contribution in [2.75, 3.05) is 7.05 Å². The van der Waals surface area contributed by atoms with Gasteiger partial charge in [0.1, 0.15) is 0 Å². The van der Waals surface area contributed by atoms with Gasteiger partial charge >= 0.3 is 0 Å². The average Bonchev–Trinajstić information content (AvgIpc) is 2.18. The quantitative estimate of drug-likeness (QED) is 0.627. The molecule has 0 atom stereocenters. The van der Waals surface area contributed by atoms with Crippen molar-refractivity contribution in [3.63, 3.8) is 0 Å². The lowest BCUT2D eigenvalue weighted by Crippen LogP contribution is -1.84. The average molecular weight is 170 g/mol. The maximum Gasteiger partial charge on any atom is 0.0991 e. The predicted molar refractivity (Wildman–Crippen MR) is 54.6 cm³/mol. The first-order valence-corrected chi connectivity index (χ1v) is 3.89. The maximum atomic E-state index is 8.57. The predicted octanol–water partition coefficient (Wildman–Crippen LogP) is 2.27. The third-order valence-electron chi connectivity index (χ3n) is 1.67. The summed E-state index contributed by atoms with van der Waals surface area (Å²) in [6, 6.07) is 9.32. The van der Waals surface area contributed by atoms with Gasteiger partial charge in [0, 0.05) is 13.3 Å². The van der Waals surface area contributed by atoms with E-state index in [1.807, 2.05) is 12.1 Å². The second-order valence-electron chi connectivity index (χ2n) is 2.60. The monoisotopic (exact) mass is 170 g/mol. The van der Waals surface area contributed by atoms with Crippen LogP contribution in [0.1, 0.15) is 11.1 Å². The van der Waals surface area contributed by atoms with Crippen molar-refractivity contribution in [1.82, 2.24) is 0 Å². The van der Waals surface area contributed by atoms with Crippen molar-refractivity contribution in [2.45, 2.75) is 0 Å². The highest BCUT2D eigenvalue weighted by Gasteiger charge is 1.95. The summed E-state index contributed by atoms with van der Waals surface area (Å²) < 4.78 is 0. The molecule has 0 spiro atoms. The van der Waals surface area contributed by atoms with Gasteiger partial charge in [0.15, 0.2) is 0 Å². The Kier molecular flexibility index (Phi) is 2.99. The fraction of sp³-hybridized carbons (Fsp3) is 0.0909. The first kappa shape index (κ1) is 9.21. The molecule has 0 N–H and O–H groups in total. The minimum absolute atomic E-state index is 0.657. The summed E-state index contributed by atoms with van der Waals surface area (Å²) in [5.41, 5.74) is 2.50. The number of hydrogen-bond acceptors (Lipinski definition) is 2. The van der Waals surface area contributed by atoms with E-state index in [-0.39, 0.29) is 0 Å². The van der Waals surface area contributed by atoms with Crippen molar-refractivity contribution in [3.05, 3.63) is 42.0 Å². The van der Waals surface area contributed by atoms with E-state index in [1.165, 1.54) is 0 Å². The first-order valence-electron chi connectivity index (χ1n) is 3.89. The number of allylic oxidation sites excluding steroid dienone is 1. The van der Waals surface area contributed by atoms with E-state index in [1.54, 1.807) is 25.4 Å². The van der Waals surface area contributed by atoms with E-state index in [2.05, 4.69) is 17.6 Å². The Bertz CT molecular complexity index is 366. The number of hydrogen-bond donors (Lipinski definition) is 0. The van der Waals surface area contributed by atoms with Crippen LogP contribution in [-0.4, -0.2) is 13.3 Å². The molecule has 0 aliphatic carbocycles. The fourth-order valence-corrected chi connectivity index (χ4v) is 0.989. The van der Waals surface area contributed by atoms with Crippen LogP contribution in [0.25, 0.3) is 5.57 Å². The van der Waals surface area contributed by atoms with Crippen molar-refractivity contribution in [2.24, 2.45) is 4.99 Å². The topological polar surface area (TPSA) is 36.1 Å². The van der Waals surface area contributed by atoms with E-state index < -0.39 is 0 Å². The van der Waals surface area contributed by atoms with Crippen LogP contribution in [0, 0.1) is 11.3 Å². The summed E-state index contributed by atoms with van der Waals surface area (Å²) >= 11 is 0. The summed E-state index contributed by atoms with van der Waals surface area (Å²) in [7, 11) is 1.70. The molecule has 1 aromatic rings. The van der Waals surface area contributed by atoms with Gasteiger partial charge in [0.05, 0.1) is 11.6 Å². The summed E-state index contributed by atoms with van der Waals surface area (Å²) in [4.78, 5) is 3.87. The largest absolute Gasteiger partial charge is 0.296 e. The van der Waals surface area contributed by atoms with Gasteiger partial charge in [-0.05, 0) is 23.3 Å². The number of rotatable bonds is 2. The molecule has 2 heteroatoms. The molecule has 0 aliphatic rings. The number of benzene rings is 1. The van der Waals surface area contributed by atoms with Crippen LogP contribution in [-0.2, 0) is 0 Å². The highest BCUT2D eigenvalue weighted by molar-refractivity contribution is 6.08. The van der Waals surface area contributed by atoms with Crippen molar-refractivity contribution >= 4 is 11.8 Å². The molecule has 0 fully saturated rings. The van der Waals surface area contributed by atoms with Gasteiger partial charge in [-0.15, -0.1) is 0 Å². The second-order valence-corrected chi connectivity index (χ2v) is 2.60. The fourth-order valence-electron chi connectivity index (χ4n) is 0.989. The molecule has 0 aromatic heterocycles. The van der Waals surface area contributed by atoms with E-state index >= 15 is 0 Å². The lowest BCUT2D eigenvalue weighted by molar-refractivity contribution is 1.47. The van der Waals surface area contributed by atoms with Gasteiger partial charge in [-0.3, -0.25) is 4.99 Å². The van der Waals surface area contributed by atoms with Gasteiger partial charge in [0.25, 0.3) is 0 Å². The van der Waals surface area contributed by atoms with Crippen LogP contribution in [0.2, 0.25) is 0 Å². The summed E-state index contributed by atoms with van der Waals surface area (Å²) in [6.07, 6.45) is 1.70. The Labute approximate surface area is 77.9 Å². The molecular weight excluding hydrogens is 160 g/mol. The molecule has 0 aliphatic heterocycles. The zero-order chi connectivity index (χ0) is 9.68. The van der Waals surface area contributed by atoms with Gasteiger partial charge in [-0.25, -0.2) is 0 Å². The van der Waals surface area contributed by atoms with Gasteiger partial charge in [-0.1, -0.05) is 18.7 Å². The number of nitriles is 1. The summed E-state index contributed by atoms with van der Waals surface area (Å²) in [6.45, 7) is 3.84. The van der Waals surface area contributed by atoms with E-state index in [0.717, 1.165) is 11.1 Å². The third-order valence-corrected chi connectivity index (χ3v) is 1.67. The zero-order valence-corrected chi connectivity index (χ0v) is 7.49. The van der Waals surface area contributed by atoms with Crippen molar-refractivity contribution in [1.29, 1.82) is 5.26 Å². The SMILES string of the molecule is C=C(C=NC)c1ccc(C#N)cc1. The molecule has 13 heavy (non-hydrogen) atoms. The van der Waals surface area contributed by atoms with Gasteiger partial charge in [-0.2, -0.15) is 5.26 Å². The van der Waals surface area contributed by atoms with E-state index in [4.69, 9.17) is 5.26 Å². The molecule has 1 rings (SSSR count). The molecule has 0 radical (unpaired) electrons. The molecule has 0 amide bonds. The van der Waals surface area contributed by atoms with Crippen LogP contribution in [0.3, 0.4) is 0 Å². The Morgan fingerprint density at radius 2 is 2.08 bits per heavy atom. The number of nitrogens with zero attached hydrogens (tertiary/aromatic N) is 2. The Balaban J connectivity index is 2.94. The molecule has 0 unspecified atom stereocenters. The molecule has 0 saturated heterocycles. The summed E-state index contributed by atoms with van der Waals surface area (Å²) in [5, 5.41) is 8.57. The van der Waals surface area contributed by atoms with Gasteiger partial charge < -0.3 is 0 Å². The minimum Gasteiger partial charge on any atom is -0.296 e. The smallest absolute Gasteiger partial charge is 0.0991 e. The Morgan fingerprint density at radius 1 is 1.46 bits per heavy atom. The minimum atomic E-state index is 0.657. The van der Waals surface area contributed by atoms with Crippen LogP contribution < -0.4 is 0 Å². The van der Waals surface area contributed by atoms with Crippen LogP contribution in [0.4, 0.5) is 0 Å². The lowest BCUT2D eigenvalue weighted by Gasteiger charge is -1.98. The second kappa shape index (κ2) is 4.22. The Hall–Kier alpha value is -1.88. The third kappa shape index (κ3) is 2.28. The van der Waals surface area contributed by atoms with Crippen LogP contribution in [0.15, 0.2) is 35.8 Å². The highest BCUT2D eigenvalue weighted by Crippen LogP contribution is 2.10. The lowest BCUT2D eigenvalue weighted by atomic mass is 10.1. The molecular formula is C11H10N2. The van der Waals surface area contributed by atoms with Gasteiger partial charge in [0.2, 0.25) is 0 Å². The molecule has 64 valence electrons. The first-order chi connectivity index (χ1) is 6.27. The number of aliphatic imine (C=N–C) groups is 1. The molecule has 2 nitrogen and oxygen atoms in total. The van der Waals surface area contributed by atoms with E-state index in [9.17, 15) is 0 Å². The van der Waals surface area contributed by atoms with E-state index in [0.29, 0.717) is 5.56 Å². The molecule has 0 heterocycles. The highest BCUT2D eigenvalue weighted by atomic mass is 14.6.